The van der Waals surface area contributed by atoms with E-state index in [0.717, 1.165) is 0 Å². The molecule has 0 saturated carbocycles. The molecule has 0 atom stereocenters. The first kappa shape index (κ1) is 17.2. The molecule has 0 saturated heterocycles. The molecule has 0 fully saturated rings. The minimum absolute atomic E-state index is 0.0660. The number of hydrogen-bond donors (Lipinski definition) is 1. The van der Waals surface area contributed by atoms with Crippen LogP contribution in [0.2, 0.25) is 0 Å². The van der Waals surface area contributed by atoms with Crippen LogP contribution in [0.15, 0.2) is 23.2 Å². The zero-order chi connectivity index (χ0) is 18.4. The van der Waals surface area contributed by atoms with E-state index in [2.05, 4.69) is 15.1 Å². The molecule has 0 aliphatic heterocycles. The van der Waals surface area contributed by atoms with Crippen molar-refractivity contribution in [3.8, 4) is 22.8 Å². The van der Waals surface area contributed by atoms with E-state index >= 15 is 0 Å². The van der Waals surface area contributed by atoms with Crippen molar-refractivity contribution < 1.29 is 17.9 Å². The van der Waals surface area contributed by atoms with Gasteiger partial charge in [-0.2, -0.15) is 10.1 Å². The van der Waals surface area contributed by atoms with Gasteiger partial charge in [-0.15, -0.1) is 0 Å². The van der Waals surface area contributed by atoms with Gasteiger partial charge in [0.05, 0.1) is 19.6 Å². The third-order valence-corrected chi connectivity index (χ3v) is 4.95. The van der Waals surface area contributed by atoms with Gasteiger partial charge in [-0.25, -0.2) is 18.1 Å². The number of nitrogens with zero attached hydrogens (tertiary/aromatic N) is 4. The third kappa shape index (κ3) is 2.94. The predicted molar refractivity (Wildman–Crippen MR) is 92.3 cm³/mol. The first-order chi connectivity index (χ1) is 11.8. The molecule has 0 bridgehead atoms. The van der Waals surface area contributed by atoms with Crippen LogP contribution in [0.1, 0.15) is 0 Å². The second-order valence-electron chi connectivity index (χ2n) is 5.08. The average Bonchev–Trinajstić information content (AvgIpc) is 2.89. The molecule has 3 rings (SSSR count). The first-order valence-electron chi connectivity index (χ1n) is 6.92. The topological polar surface area (TPSA) is 122 Å². The standard InChI is InChI=1S/C14H14ClN5O4S/c1-20-13-8(6-17-14(16)18-13)12(19-20)7-4-11(25(15,21)22)10(24-3)5-9(7)23-2/h4-6H,1-3H3,(H2,16,17,18). The SMILES string of the molecule is COc1cc(OC)c(S(=O)(=O)Cl)cc1-c1nn(C)c2nc(N)ncc12. The fourth-order valence-electron chi connectivity index (χ4n) is 2.50. The van der Waals surface area contributed by atoms with Gasteiger partial charge in [0.15, 0.2) is 5.65 Å². The van der Waals surface area contributed by atoms with Gasteiger partial charge in [-0.05, 0) is 6.07 Å². The fraction of sp³-hybridized carbons (Fsp3) is 0.214. The van der Waals surface area contributed by atoms with Crippen LogP contribution in [0.3, 0.4) is 0 Å². The van der Waals surface area contributed by atoms with Crippen LogP contribution in [0.5, 0.6) is 11.5 Å². The fourth-order valence-corrected chi connectivity index (χ4v) is 3.50. The van der Waals surface area contributed by atoms with Crippen molar-refractivity contribution in [1.82, 2.24) is 19.7 Å². The van der Waals surface area contributed by atoms with Gasteiger partial charge in [0, 0.05) is 35.6 Å². The second kappa shape index (κ2) is 6.05. The number of benzene rings is 1. The van der Waals surface area contributed by atoms with E-state index in [1.54, 1.807) is 7.05 Å². The Morgan fingerprint density at radius 1 is 1.20 bits per heavy atom. The summed E-state index contributed by atoms with van der Waals surface area (Å²) >= 11 is 0. The summed E-state index contributed by atoms with van der Waals surface area (Å²) in [5.41, 5.74) is 6.94. The van der Waals surface area contributed by atoms with Gasteiger partial charge in [0.1, 0.15) is 22.1 Å². The zero-order valence-corrected chi connectivity index (χ0v) is 15.1. The van der Waals surface area contributed by atoms with Gasteiger partial charge in [-0.3, -0.25) is 0 Å². The maximum absolute atomic E-state index is 11.9. The molecular weight excluding hydrogens is 370 g/mol. The Bertz CT molecular complexity index is 1080. The van der Waals surface area contributed by atoms with Crippen molar-refractivity contribution in [3.05, 3.63) is 18.3 Å². The molecule has 1 aromatic carbocycles. The monoisotopic (exact) mass is 383 g/mol. The number of anilines is 1. The van der Waals surface area contributed by atoms with E-state index in [-0.39, 0.29) is 16.6 Å². The van der Waals surface area contributed by atoms with Crippen molar-refractivity contribution in [2.75, 3.05) is 20.0 Å². The van der Waals surface area contributed by atoms with Crippen LogP contribution in [-0.2, 0) is 16.1 Å². The van der Waals surface area contributed by atoms with Gasteiger partial charge in [0.25, 0.3) is 9.05 Å². The number of methoxy groups -OCH3 is 2. The van der Waals surface area contributed by atoms with Crippen LogP contribution in [0, 0.1) is 0 Å². The Hall–Kier alpha value is -2.59. The van der Waals surface area contributed by atoms with Crippen LogP contribution in [-0.4, -0.2) is 42.4 Å². The lowest BCUT2D eigenvalue weighted by atomic mass is 10.1. The highest BCUT2D eigenvalue weighted by Gasteiger charge is 2.24. The number of rotatable bonds is 4. The van der Waals surface area contributed by atoms with Crippen LogP contribution < -0.4 is 15.2 Å². The third-order valence-electron chi connectivity index (χ3n) is 3.60. The largest absolute Gasteiger partial charge is 0.496 e. The summed E-state index contributed by atoms with van der Waals surface area (Å²) < 4.78 is 35.8. The summed E-state index contributed by atoms with van der Waals surface area (Å²) in [5, 5.41) is 4.97. The van der Waals surface area contributed by atoms with Crippen molar-refractivity contribution in [1.29, 1.82) is 0 Å². The lowest BCUT2D eigenvalue weighted by Gasteiger charge is -2.12. The molecule has 0 radical (unpaired) electrons. The van der Waals surface area contributed by atoms with Gasteiger partial charge >= 0.3 is 0 Å². The molecular formula is C14H14ClN5O4S. The number of ether oxygens (including phenoxy) is 2. The minimum Gasteiger partial charge on any atom is -0.496 e. The maximum Gasteiger partial charge on any atom is 0.265 e. The summed E-state index contributed by atoms with van der Waals surface area (Å²) in [6.07, 6.45) is 1.51. The number of aromatic nitrogens is 4. The van der Waals surface area contributed by atoms with Crippen LogP contribution >= 0.6 is 10.7 Å². The van der Waals surface area contributed by atoms with Gasteiger partial charge in [0.2, 0.25) is 5.95 Å². The number of nitrogens with two attached hydrogens (primary N) is 1. The number of aryl methyl sites for hydroxylation is 1. The molecule has 132 valence electrons. The molecule has 2 heterocycles. The second-order valence-corrected chi connectivity index (χ2v) is 7.61. The average molecular weight is 384 g/mol. The summed E-state index contributed by atoms with van der Waals surface area (Å²) in [6.45, 7) is 0. The Morgan fingerprint density at radius 2 is 1.88 bits per heavy atom. The smallest absolute Gasteiger partial charge is 0.265 e. The van der Waals surface area contributed by atoms with Gasteiger partial charge < -0.3 is 15.2 Å². The van der Waals surface area contributed by atoms with Gasteiger partial charge in [-0.1, -0.05) is 0 Å². The summed E-state index contributed by atoms with van der Waals surface area (Å²) in [6, 6.07) is 2.78. The van der Waals surface area contributed by atoms with E-state index in [1.807, 2.05) is 0 Å². The Balaban J connectivity index is 2.38. The van der Waals surface area contributed by atoms with E-state index < -0.39 is 9.05 Å². The molecule has 3 aromatic rings. The van der Waals surface area contributed by atoms with E-state index in [1.165, 1.54) is 37.2 Å². The highest BCUT2D eigenvalue weighted by atomic mass is 35.7. The molecule has 2 N–H and O–H groups in total. The Kier molecular flexibility index (Phi) is 4.17. The number of fused-ring (bicyclic) bond motifs is 1. The highest BCUT2D eigenvalue weighted by molar-refractivity contribution is 8.13. The molecule has 0 aliphatic carbocycles. The van der Waals surface area contributed by atoms with Crippen molar-refractivity contribution >= 4 is 36.7 Å². The molecule has 0 amide bonds. The quantitative estimate of drug-likeness (QED) is 0.673. The minimum atomic E-state index is -4.05. The molecule has 0 unspecified atom stereocenters. The van der Waals surface area contributed by atoms with Crippen molar-refractivity contribution in [2.45, 2.75) is 4.90 Å². The highest BCUT2D eigenvalue weighted by Crippen LogP contribution is 2.40. The molecule has 0 spiro atoms. The molecule has 0 aliphatic rings. The number of hydrogen-bond acceptors (Lipinski definition) is 8. The van der Waals surface area contributed by atoms with E-state index in [9.17, 15) is 8.42 Å². The number of nitrogen functional groups attached to an aromatic ring is 1. The lowest BCUT2D eigenvalue weighted by Crippen LogP contribution is -2.00. The number of halogens is 1. The van der Waals surface area contributed by atoms with Crippen LogP contribution in [0.4, 0.5) is 5.95 Å². The summed E-state index contributed by atoms with van der Waals surface area (Å²) in [5.74, 6) is 0.529. The van der Waals surface area contributed by atoms with Crippen molar-refractivity contribution in [3.63, 3.8) is 0 Å². The Morgan fingerprint density at radius 3 is 2.48 bits per heavy atom. The molecule has 9 nitrogen and oxygen atoms in total. The molecule has 11 heteroatoms. The maximum atomic E-state index is 11.9. The van der Waals surface area contributed by atoms with E-state index in [4.69, 9.17) is 25.9 Å². The van der Waals surface area contributed by atoms with E-state index in [0.29, 0.717) is 28.0 Å². The zero-order valence-electron chi connectivity index (χ0n) is 13.5. The van der Waals surface area contributed by atoms with Crippen LogP contribution in [0.25, 0.3) is 22.3 Å². The van der Waals surface area contributed by atoms with Crippen molar-refractivity contribution in [2.24, 2.45) is 7.05 Å². The lowest BCUT2D eigenvalue weighted by molar-refractivity contribution is 0.387. The normalized spacial score (nSPS) is 11.7. The molecule has 25 heavy (non-hydrogen) atoms. The molecule has 2 aromatic heterocycles. The first-order valence-corrected chi connectivity index (χ1v) is 9.23. The summed E-state index contributed by atoms with van der Waals surface area (Å²) in [4.78, 5) is 7.92. The summed E-state index contributed by atoms with van der Waals surface area (Å²) in [7, 11) is 5.96. The predicted octanol–water partition coefficient (Wildman–Crippen LogP) is 1.56. The Labute approximate surface area is 147 Å².